The van der Waals surface area contributed by atoms with Gasteiger partial charge in [0.15, 0.2) is 16.7 Å². The van der Waals surface area contributed by atoms with Crippen molar-refractivity contribution in [1.82, 2.24) is 4.90 Å². The summed E-state index contributed by atoms with van der Waals surface area (Å²) >= 11 is 15.8. The second kappa shape index (κ2) is 14.5. The Labute approximate surface area is 278 Å². The first-order valence-electron chi connectivity index (χ1n) is 13.4. The molecule has 5 rings (SSSR count). The van der Waals surface area contributed by atoms with Crippen molar-refractivity contribution < 1.29 is 19.0 Å². The van der Waals surface area contributed by atoms with Gasteiger partial charge in [0.25, 0.3) is 5.91 Å². The Kier molecular flexibility index (Phi) is 10.6. The van der Waals surface area contributed by atoms with E-state index >= 15 is 0 Å². The third-order valence-corrected chi connectivity index (χ3v) is 8.91. The Morgan fingerprint density at radius 2 is 1.67 bits per heavy atom. The summed E-state index contributed by atoms with van der Waals surface area (Å²) in [6.07, 6.45) is 1.87. The molecular weight excluding hydrogens is 718 g/mol. The van der Waals surface area contributed by atoms with Crippen LogP contribution in [-0.4, -0.2) is 29.7 Å². The number of thioether (sulfide) groups is 1. The smallest absolute Gasteiger partial charge is 0.267 e. The number of para-hydroxylation sites is 1. The number of rotatable bonds is 10. The van der Waals surface area contributed by atoms with Gasteiger partial charge in [-0.05, 0) is 113 Å². The Morgan fingerprint density at radius 3 is 2.37 bits per heavy atom. The average Bonchev–Trinajstić information content (AvgIpc) is 3.28. The van der Waals surface area contributed by atoms with Crippen LogP contribution in [0.25, 0.3) is 6.08 Å². The van der Waals surface area contributed by atoms with Crippen molar-refractivity contribution in [3.05, 3.63) is 120 Å². The maximum absolute atomic E-state index is 13.8. The molecule has 0 saturated carbocycles. The number of amides is 1. The fourth-order valence-corrected chi connectivity index (χ4v) is 6.37. The molecule has 1 amide bonds. The van der Waals surface area contributed by atoms with Crippen molar-refractivity contribution in [2.75, 3.05) is 13.7 Å². The lowest BCUT2D eigenvalue weighted by atomic mass is 10.1. The Bertz CT molecular complexity index is 1680. The summed E-state index contributed by atoms with van der Waals surface area (Å²) < 4.78 is 18.3. The molecule has 1 fully saturated rings. The quantitative estimate of drug-likeness (QED) is 0.120. The van der Waals surface area contributed by atoms with Crippen LogP contribution < -0.4 is 14.2 Å². The summed E-state index contributed by atoms with van der Waals surface area (Å²) in [6.45, 7) is 3.04. The van der Waals surface area contributed by atoms with E-state index in [-0.39, 0.29) is 5.91 Å². The van der Waals surface area contributed by atoms with Gasteiger partial charge in [0, 0.05) is 0 Å². The molecule has 6 nitrogen and oxygen atoms in total. The Balaban J connectivity index is 1.44. The molecule has 10 heteroatoms. The summed E-state index contributed by atoms with van der Waals surface area (Å²) in [7, 11) is 1.63. The minimum absolute atomic E-state index is 0.122. The summed E-state index contributed by atoms with van der Waals surface area (Å²) in [5.74, 6) is 1.84. The molecule has 1 aliphatic heterocycles. The van der Waals surface area contributed by atoms with Gasteiger partial charge in [-0.25, -0.2) is 4.99 Å². The zero-order valence-corrected chi connectivity index (χ0v) is 27.8. The molecule has 1 heterocycles. The van der Waals surface area contributed by atoms with E-state index in [0.717, 1.165) is 31.7 Å². The van der Waals surface area contributed by atoms with Crippen LogP contribution in [-0.2, 0) is 17.9 Å². The molecule has 43 heavy (non-hydrogen) atoms. The van der Waals surface area contributed by atoms with Gasteiger partial charge in [0.2, 0.25) is 0 Å². The molecule has 220 valence electrons. The van der Waals surface area contributed by atoms with Gasteiger partial charge in [-0.15, -0.1) is 0 Å². The van der Waals surface area contributed by atoms with E-state index in [2.05, 4.69) is 22.6 Å². The van der Waals surface area contributed by atoms with E-state index in [4.69, 9.17) is 42.4 Å². The van der Waals surface area contributed by atoms with Crippen LogP contribution >= 0.6 is 57.6 Å². The van der Waals surface area contributed by atoms with Crippen molar-refractivity contribution >= 4 is 80.4 Å². The van der Waals surface area contributed by atoms with Crippen LogP contribution in [0.15, 0.2) is 94.8 Å². The predicted molar refractivity (Wildman–Crippen MR) is 184 cm³/mol. The van der Waals surface area contributed by atoms with Gasteiger partial charge in [0.05, 0.1) is 44.5 Å². The summed E-state index contributed by atoms with van der Waals surface area (Å²) in [4.78, 5) is 20.8. The molecule has 0 atom stereocenters. The van der Waals surface area contributed by atoms with E-state index < -0.39 is 0 Å². The van der Waals surface area contributed by atoms with Crippen molar-refractivity contribution in [1.29, 1.82) is 0 Å². The number of amidine groups is 1. The second-order valence-electron chi connectivity index (χ2n) is 9.38. The highest BCUT2D eigenvalue weighted by Gasteiger charge is 2.33. The maximum Gasteiger partial charge on any atom is 0.267 e. The number of halogens is 3. The molecule has 1 saturated heterocycles. The molecule has 4 aromatic rings. The molecule has 0 radical (unpaired) electrons. The van der Waals surface area contributed by atoms with Crippen LogP contribution in [0, 0.1) is 3.57 Å². The number of nitrogens with zero attached hydrogens (tertiary/aromatic N) is 2. The lowest BCUT2D eigenvalue weighted by Crippen LogP contribution is -2.28. The third-order valence-electron chi connectivity index (χ3n) is 6.37. The zero-order valence-electron chi connectivity index (χ0n) is 23.4. The van der Waals surface area contributed by atoms with Crippen molar-refractivity contribution in [3.63, 3.8) is 0 Å². The normalized spacial score (nSPS) is 14.9. The van der Waals surface area contributed by atoms with E-state index in [1.54, 1.807) is 24.1 Å². The van der Waals surface area contributed by atoms with Gasteiger partial charge in [-0.3, -0.25) is 9.69 Å². The van der Waals surface area contributed by atoms with E-state index in [1.165, 1.54) is 11.8 Å². The van der Waals surface area contributed by atoms with Gasteiger partial charge < -0.3 is 14.2 Å². The topological polar surface area (TPSA) is 60.4 Å². The number of aliphatic imine (C=N–C) groups is 1. The predicted octanol–water partition coefficient (Wildman–Crippen LogP) is 9.39. The first-order chi connectivity index (χ1) is 20.8. The van der Waals surface area contributed by atoms with Crippen LogP contribution in [0.5, 0.6) is 17.2 Å². The zero-order chi connectivity index (χ0) is 30.3. The van der Waals surface area contributed by atoms with Gasteiger partial charge in [-0.1, -0.05) is 59.6 Å². The minimum Gasteiger partial charge on any atom is -0.497 e. The number of hydrogen-bond acceptors (Lipinski definition) is 6. The Morgan fingerprint density at radius 1 is 0.930 bits per heavy atom. The van der Waals surface area contributed by atoms with Crippen LogP contribution in [0.3, 0.4) is 0 Å². The Hall–Kier alpha value is -3.18. The number of carbonyl (C=O) groups excluding carboxylic acids is 1. The van der Waals surface area contributed by atoms with Gasteiger partial charge in [-0.2, -0.15) is 0 Å². The van der Waals surface area contributed by atoms with Gasteiger partial charge >= 0.3 is 0 Å². The summed E-state index contributed by atoms with van der Waals surface area (Å²) in [5, 5.41) is 1.57. The van der Waals surface area contributed by atoms with E-state index in [0.29, 0.717) is 51.4 Å². The first-order valence-corrected chi connectivity index (χ1v) is 16.0. The third kappa shape index (κ3) is 7.86. The molecule has 4 aromatic carbocycles. The van der Waals surface area contributed by atoms with E-state index in [1.807, 2.05) is 85.8 Å². The van der Waals surface area contributed by atoms with Gasteiger partial charge in [0.1, 0.15) is 12.4 Å². The van der Waals surface area contributed by atoms with E-state index in [9.17, 15) is 4.79 Å². The minimum atomic E-state index is -0.122. The maximum atomic E-state index is 13.8. The molecule has 0 bridgehead atoms. The fourth-order valence-electron chi connectivity index (χ4n) is 4.27. The van der Waals surface area contributed by atoms with Crippen molar-refractivity contribution in [3.8, 4) is 17.2 Å². The van der Waals surface area contributed by atoms with Crippen LogP contribution in [0.2, 0.25) is 10.0 Å². The number of methoxy groups -OCH3 is 1. The lowest BCUT2D eigenvalue weighted by molar-refractivity contribution is -0.122. The molecule has 0 unspecified atom stereocenters. The lowest BCUT2D eigenvalue weighted by Gasteiger charge is -2.16. The highest BCUT2D eigenvalue weighted by molar-refractivity contribution is 14.1. The molecule has 0 aliphatic carbocycles. The number of ether oxygens (including phenoxy) is 3. The molecular formula is C33H27Cl2IN2O4S. The largest absolute Gasteiger partial charge is 0.497 e. The average molecular weight is 745 g/mol. The fraction of sp³-hybridized carbons (Fsp3) is 0.152. The number of hydrogen-bond donors (Lipinski definition) is 0. The van der Waals surface area contributed by atoms with Crippen molar-refractivity contribution in [2.24, 2.45) is 4.99 Å². The highest BCUT2D eigenvalue weighted by Crippen LogP contribution is 2.39. The summed E-state index contributed by atoms with van der Waals surface area (Å²) in [5.41, 5.74) is 3.44. The standard InChI is InChI=1S/C33H27Cl2IN2O4S/c1-3-41-29-17-23(16-28(36)31(29)42-20-22-11-14-26(34)27(35)15-22)18-30-32(39)38(19-21-9-12-25(40-2)13-10-21)33(43-30)37-24-7-5-4-6-8-24/h4-18H,3,19-20H2,1-2H3/b30-18-,37-33?. The van der Waals surface area contributed by atoms with Crippen molar-refractivity contribution in [2.45, 2.75) is 20.1 Å². The van der Waals surface area contributed by atoms with Crippen LogP contribution in [0.1, 0.15) is 23.6 Å². The first kappa shape index (κ1) is 31.3. The molecule has 1 aliphatic rings. The SMILES string of the molecule is CCOc1cc(/C=C2\SC(=Nc3ccccc3)N(Cc3ccc(OC)cc3)C2=O)cc(I)c1OCc1ccc(Cl)c(Cl)c1. The molecule has 0 spiro atoms. The number of carbonyl (C=O) groups is 1. The summed E-state index contributed by atoms with van der Waals surface area (Å²) in [6, 6.07) is 26.5. The molecule has 0 N–H and O–H groups in total. The number of benzene rings is 4. The monoisotopic (exact) mass is 744 g/mol. The second-order valence-corrected chi connectivity index (χ2v) is 12.4. The molecule has 0 aromatic heterocycles. The highest BCUT2D eigenvalue weighted by atomic mass is 127. The van der Waals surface area contributed by atoms with Crippen LogP contribution in [0.4, 0.5) is 5.69 Å².